The lowest BCUT2D eigenvalue weighted by molar-refractivity contribution is 0.0940. The minimum atomic E-state index is -0.295. The van der Waals surface area contributed by atoms with Crippen LogP contribution in [-0.4, -0.2) is 53.7 Å². The second-order valence-corrected chi connectivity index (χ2v) is 7.29. The summed E-state index contributed by atoms with van der Waals surface area (Å²) < 4.78 is 11.3. The van der Waals surface area contributed by atoms with Gasteiger partial charge in [-0.2, -0.15) is 4.98 Å². The summed E-state index contributed by atoms with van der Waals surface area (Å²) in [5.74, 6) is 1.19. The standard InChI is InChI=1S/C24H26N4O3/c1-2-3-17-30-22-20-11-7-8-12-21(20)25-23(26-22)27-13-15-28(16-14-27)24(29)31-18-19-9-5-4-6-10-19/h2,4-12H,1,3,13-18H2. The molecule has 0 saturated carbocycles. The van der Waals surface area contributed by atoms with E-state index < -0.39 is 0 Å². The highest BCUT2D eigenvalue weighted by Crippen LogP contribution is 2.26. The number of carbonyl (C=O) groups excluding carboxylic acids is 1. The van der Waals surface area contributed by atoms with E-state index in [-0.39, 0.29) is 12.7 Å². The van der Waals surface area contributed by atoms with Crippen LogP contribution in [-0.2, 0) is 11.3 Å². The van der Waals surface area contributed by atoms with Crippen LogP contribution in [0.25, 0.3) is 10.9 Å². The highest BCUT2D eigenvalue weighted by atomic mass is 16.6. The zero-order valence-corrected chi connectivity index (χ0v) is 17.4. The molecule has 4 rings (SSSR count). The van der Waals surface area contributed by atoms with Crippen molar-refractivity contribution in [3.8, 4) is 5.88 Å². The number of fused-ring (bicyclic) bond motifs is 1. The van der Waals surface area contributed by atoms with Gasteiger partial charge < -0.3 is 19.3 Å². The summed E-state index contributed by atoms with van der Waals surface area (Å²) >= 11 is 0. The predicted molar refractivity (Wildman–Crippen MR) is 120 cm³/mol. The molecule has 0 atom stereocenters. The zero-order valence-electron chi connectivity index (χ0n) is 17.4. The average Bonchev–Trinajstić information content (AvgIpc) is 2.83. The smallest absolute Gasteiger partial charge is 0.410 e. The summed E-state index contributed by atoms with van der Waals surface area (Å²) in [4.78, 5) is 25.6. The van der Waals surface area contributed by atoms with E-state index in [1.54, 1.807) is 4.90 Å². The Morgan fingerprint density at radius 2 is 1.74 bits per heavy atom. The van der Waals surface area contributed by atoms with Gasteiger partial charge in [-0.15, -0.1) is 6.58 Å². The maximum atomic E-state index is 12.4. The molecule has 160 valence electrons. The molecule has 2 heterocycles. The van der Waals surface area contributed by atoms with Gasteiger partial charge in [0.1, 0.15) is 6.61 Å². The Morgan fingerprint density at radius 3 is 2.52 bits per heavy atom. The SMILES string of the molecule is C=CCCOc1nc(N2CCN(C(=O)OCc3ccccc3)CC2)nc2ccccc12. The normalized spacial score (nSPS) is 13.8. The number of carbonyl (C=O) groups is 1. The summed E-state index contributed by atoms with van der Waals surface area (Å²) in [6.07, 6.45) is 2.27. The molecule has 0 spiro atoms. The Bertz CT molecular complexity index is 1030. The molecule has 3 aromatic rings. The molecule has 7 nitrogen and oxygen atoms in total. The molecular weight excluding hydrogens is 392 g/mol. The second-order valence-electron chi connectivity index (χ2n) is 7.29. The van der Waals surface area contributed by atoms with Gasteiger partial charge in [0.25, 0.3) is 0 Å². The van der Waals surface area contributed by atoms with Crippen molar-refractivity contribution in [2.24, 2.45) is 0 Å². The van der Waals surface area contributed by atoms with Crippen LogP contribution in [0.2, 0.25) is 0 Å². The van der Waals surface area contributed by atoms with Gasteiger partial charge in [0.2, 0.25) is 11.8 Å². The molecule has 1 aliphatic rings. The molecule has 1 amide bonds. The van der Waals surface area contributed by atoms with Gasteiger partial charge in [0.05, 0.1) is 17.5 Å². The predicted octanol–water partition coefficient (Wildman–Crippen LogP) is 4.04. The molecule has 0 aliphatic carbocycles. The summed E-state index contributed by atoms with van der Waals surface area (Å²) in [5.41, 5.74) is 1.81. The Balaban J connectivity index is 1.39. The van der Waals surface area contributed by atoms with E-state index in [2.05, 4.69) is 16.5 Å². The number of hydrogen-bond donors (Lipinski definition) is 0. The van der Waals surface area contributed by atoms with Crippen molar-refractivity contribution in [1.82, 2.24) is 14.9 Å². The quantitative estimate of drug-likeness (QED) is 0.426. The van der Waals surface area contributed by atoms with E-state index in [9.17, 15) is 4.79 Å². The number of ether oxygens (including phenoxy) is 2. The molecule has 0 unspecified atom stereocenters. The van der Waals surface area contributed by atoms with E-state index in [1.807, 2.05) is 60.7 Å². The van der Waals surface area contributed by atoms with Crippen molar-refractivity contribution in [2.75, 3.05) is 37.7 Å². The zero-order chi connectivity index (χ0) is 21.5. The molecule has 1 aromatic heterocycles. The first-order valence-electron chi connectivity index (χ1n) is 10.5. The number of para-hydroxylation sites is 1. The van der Waals surface area contributed by atoms with Gasteiger partial charge in [-0.05, 0) is 24.1 Å². The van der Waals surface area contributed by atoms with Crippen LogP contribution in [0.1, 0.15) is 12.0 Å². The first-order valence-corrected chi connectivity index (χ1v) is 10.5. The summed E-state index contributed by atoms with van der Waals surface area (Å²) in [6, 6.07) is 17.5. The van der Waals surface area contributed by atoms with E-state index in [0.29, 0.717) is 44.6 Å². The molecule has 1 saturated heterocycles. The van der Waals surface area contributed by atoms with Gasteiger partial charge in [0, 0.05) is 26.2 Å². The molecule has 0 N–H and O–H groups in total. The minimum Gasteiger partial charge on any atom is -0.477 e. The number of rotatable bonds is 7. The van der Waals surface area contributed by atoms with E-state index in [0.717, 1.165) is 22.9 Å². The Morgan fingerprint density at radius 1 is 1.00 bits per heavy atom. The van der Waals surface area contributed by atoms with Gasteiger partial charge >= 0.3 is 6.09 Å². The van der Waals surface area contributed by atoms with Gasteiger partial charge in [0.15, 0.2) is 0 Å². The van der Waals surface area contributed by atoms with Crippen molar-refractivity contribution in [3.05, 3.63) is 72.8 Å². The number of hydrogen-bond acceptors (Lipinski definition) is 6. The van der Waals surface area contributed by atoms with E-state index >= 15 is 0 Å². The fourth-order valence-corrected chi connectivity index (χ4v) is 3.43. The maximum absolute atomic E-state index is 12.4. The van der Waals surface area contributed by atoms with E-state index in [1.165, 1.54) is 0 Å². The van der Waals surface area contributed by atoms with Crippen molar-refractivity contribution in [3.63, 3.8) is 0 Å². The van der Waals surface area contributed by atoms with Crippen LogP contribution in [0.15, 0.2) is 67.3 Å². The van der Waals surface area contributed by atoms with Gasteiger partial charge in [-0.3, -0.25) is 0 Å². The second kappa shape index (κ2) is 9.93. The Kier molecular flexibility index (Phi) is 6.62. The number of benzene rings is 2. The molecule has 31 heavy (non-hydrogen) atoms. The van der Waals surface area contributed by atoms with Crippen molar-refractivity contribution in [1.29, 1.82) is 0 Å². The van der Waals surface area contributed by atoms with Gasteiger partial charge in [-0.25, -0.2) is 9.78 Å². The van der Waals surface area contributed by atoms with E-state index in [4.69, 9.17) is 14.5 Å². The third kappa shape index (κ3) is 5.12. The van der Waals surface area contributed by atoms with Crippen LogP contribution >= 0.6 is 0 Å². The summed E-state index contributed by atoms with van der Waals surface area (Å²) in [5, 5.41) is 0.887. The molecule has 0 bridgehead atoms. The van der Waals surface area contributed by atoms with Gasteiger partial charge in [-0.1, -0.05) is 48.5 Å². The fraction of sp³-hybridized carbons (Fsp3) is 0.292. The summed E-state index contributed by atoms with van der Waals surface area (Å²) in [7, 11) is 0. The lowest BCUT2D eigenvalue weighted by Gasteiger charge is -2.34. The van der Waals surface area contributed by atoms with Crippen LogP contribution < -0.4 is 9.64 Å². The van der Waals surface area contributed by atoms with Crippen molar-refractivity contribution < 1.29 is 14.3 Å². The number of nitrogens with zero attached hydrogens (tertiary/aromatic N) is 4. The minimum absolute atomic E-state index is 0.277. The number of aromatic nitrogens is 2. The van der Waals surface area contributed by atoms with Crippen molar-refractivity contribution in [2.45, 2.75) is 13.0 Å². The summed E-state index contributed by atoms with van der Waals surface area (Å²) in [6.45, 7) is 6.89. The number of amides is 1. The Labute approximate surface area is 181 Å². The lowest BCUT2D eigenvalue weighted by Crippen LogP contribution is -2.49. The maximum Gasteiger partial charge on any atom is 0.410 e. The van der Waals surface area contributed by atoms with Crippen LogP contribution in [0, 0.1) is 0 Å². The average molecular weight is 418 g/mol. The monoisotopic (exact) mass is 418 g/mol. The lowest BCUT2D eigenvalue weighted by atomic mass is 10.2. The molecule has 0 radical (unpaired) electrons. The topological polar surface area (TPSA) is 67.8 Å². The largest absolute Gasteiger partial charge is 0.477 e. The molecule has 2 aromatic carbocycles. The van der Waals surface area contributed by atoms with Crippen LogP contribution in [0.4, 0.5) is 10.7 Å². The highest BCUT2D eigenvalue weighted by molar-refractivity contribution is 5.84. The first kappa shape index (κ1) is 20.7. The first-order chi connectivity index (χ1) is 15.2. The van der Waals surface area contributed by atoms with Crippen molar-refractivity contribution >= 4 is 22.9 Å². The number of piperazine rings is 1. The molecular formula is C24H26N4O3. The third-order valence-electron chi connectivity index (χ3n) is 5.14. The number of anilines is 1. The fourth-order valence-electron chi connectivity index (χ4n) is 3.43. The highest BCUT2D eigenvalue weighted by Gasteiger charge is 2.24. The third-order valence-corrected chi connectivity index (χ3v) is 5.14. The molecule has 7 heteroatoms. The Hall–Kier alpha value is -3.61. The van der Waals surface area contributed by atoms with Crippen LogP contribution in [0.5, 0.6) is 5.88 Å². The molecule has 1 fully saturated rings. The molecule has 1 aliphatic heterocycles. The van der Waals surface area contributed by atoms with Crippen LogP contribution in [0.3, 0.4) is 0 Å².